The molecule has 2 saturated heterocycles. The smallest absolute Gasteiger partial charge is 0.316 e. The summed E-state index contributed by atoms with van der Waals surface area (Å²) < 4.78 is 24.9. The van der Waals surface area contributed by atoms with Crippen LogP contribution in [0, 0.1) is 33.0 Å². The van der Waals surface area contributed by atoms with E-state index in [2.05, 4.69) is 6.92 Å². The molecule has 0 spiro atoms. The number of carbonyl (C=O) groups is 3. The molecular formula is C29H40O9. The second kappa shape index (κ2) is 7.02. The van der Waals surface area contributed by atoms with Gasteiger partial charge in [0.1, 0.15) is 41.0 Å². The fourth-order valence-electron chi connectivity index (χ4n) is 11.1. The average molecular weight is 533 g/mol. The van der Waals surface area contributed by atoms with E-state index in [1.807, 2.05) is 33.8 Å². The van der Waals surface area contributed by atoms with Crippen molar-refractivity contribution in [3.63, 3.8) is 0 Å². The summed E-state index contributed by atoms with van der Waals surface area (Å²) in [7, 11) is 0. The summed E-state index contributed by atoms with van der Waals surface area (Å²) in [4.78, 5) is 38.4. The third-order valence-electron chi connectivity index (χ3n) is 12.4. The molecule has 2 heterocycles. The zero-order chi connectivity index (χ0) is 28.1. The van der Waals surface area contributed by atoms with E-state index in [-0.39, 0.29) is 30.6 Å². The van der Waals surface area contributed by atoms with Gasteiger partial charge in [-0.3, -0.25) is 14.4 Å². The average Bonchev–Trinajstić information content (AvgIpc) is 3.21. The maximum Gasteiger partial charge on any atom is 0.316 e. The molecule has 5 fully saturated rings. The highest BCUT2D eigenvalue weighted by Crippen LogP contribution is 2.86. The molecular weight excluding hydrogens is 492 g/mol. The number of carbonyl (C=O) groups excluding carboxylic acids is 3. The third-order valence-corrected chi connectivity index (χ3v) is 12.4. The Morgan fingerprint density at radius 1 is 1.11 bits per heavy atom. The molecule has 2 N–H and O–H groups in total. The van der Waals surface area contributed by atoms with Gasteiger partial charge in [-0.15, -0.1) is 0 Å². The highest BCUT2D eigenvalue weighted by molar-refractivity contribution is 5.85. The molecule has 11 atom stereocenters. The number of esters is 3. The SMILES string of the molecule is CC(=O)O[C@H]1CC[C@@]23C(=O)O[C@@H](C[C@@]4(C)[C@@]25C=C(C)[C@@]2(C)[C@@H](OC(C)=O)[C@@](C)(O)[C@@H](O5)[C@@]42CO)[C@@H]3C1(C)C. The van der Waals surface area contributed by atoms with Crippen LogP contribution in [0.2, 0.25) is 0 Å². The zero-order valence-corrected chi connectivity index (χ0v) is 23.5. The van der Waals surface area contributed by atoms with Gasteiger partial charge < -0.3 is 29.2 Å². The molecule has 4 bridgehead atoms. The van der Waals surface area contributed by atoms with E-state index in [0.717, 1.165) is 5.57 Å². The molecule has 4 aliphatic carbocycles. The second-order valence-electron chi connectivity index (χ2n) is 14.0. The predicted molar refractivity (Wildman–Crippen MR) is 132 cm³/mol. The number of rotatable bonds is 3. The van der Waals surface area contributed by atoms with Crippen molar-refractivity contribution in [1.82, 2.24) is 0 Å². The van der Waals surface area contributed by atoms with Gasteiger partial charge in [0.15, 0.2) is 0 Å². The van der Waals surface area contributed by atoms with Crippen molar-refractivity contribution < 1.29 is 43.5 Å². The van der Waals surface area contributed by atoms with Gasteiger partial charge in [-0.25, -0.2) is 0 Å². The Bertz CT molecular complexity index is 1190. The van der Waals surface area contributed by atoms with E-state index >= 15 is 0 Å². The molecule has 9 nitrogen and oxygen atoms in total. The first-order valence-corrected chi connectivity index (χ1v) is 13.7. The van der Waals surface area contributed by atoms with Crippen molar-refractivity contribution in [1.29, 1.82) is 0 Å². The fraction of sp³-hybridized carbons (Fsp3) is 0.828. The van der Waals surface area contributed by atoms with E-state index in [4.69, 9.17) is 18.9 Å². The van der Waals surface area contributed by atoms with Crippen LogP contribution in [0.3, 0.4) is 0 Å². The molecule has 0 amide bonds. The lowest BCUT2D eigenvalue weighted by molar-refractivity contribution is -0.258. The lowest BCUT2D eigenvalue weighted by Gasteiger charge is -2.68. The molecule has 0 unspecified atom stereocenters. The minimum atomic E-state index is -1.63. The Hall–Kier alpha value is -1.97. The molecule has 38 heavy (non-hydrogen) atoms. The van der Waals surface area contributed by atoms with Crippen molar-refractivity contribution in [3.8, 4) is 0 Å². The largest absolute Gasteiger partial charge is 0.462 e. The van der Waals surface area contributed by atoms with Crippen molar-refractivity contribution in [2.45, 2.75) is 110 Å². The Labute approximate surface area is 223 Å². The summed E-state index contributed by atoms with van der Waals surface area (Å²) in [6.45, 7) is 14.0. The van der Waals surface area contributed by atoms with E-state index in [0.29, 0.717) is 19.3 Å². The number of aliphatic hydroxyl groups excluding tert-OH is 1. The van der Waals surface area contributed by atoms with E-state index < -0.39 is 62.6 Å². The van der Waals surface area contributed by atoms with Crippen LogP contribution < -0.4 is 0 Å². The molecule has 210 valence electrons. The minimum absolute atomic E-state index is 0.314. The first-order chi connectivity index (χ1) is 17.5. The molecule has 3 saturated carbocycles. The number of aliphatic hydroxyl groups is 2. The van der Waals surface area contributed by atoms with E-state index in [1.165, 1.54) is 13.8 Å². The molecule has 6 rings (SSSR count). The number of ether oxygens (including phenoxy) is 4. The van der Waals surface area contributed by atoms with E-state index in [9.17, 15) is 24.6 Å². The van der Waals surface area contributed by atoms with Crippen LogP contribution in [0.15, 0.2) is 11.6 Å². The van der Waals surface area contributed by atoms with Gasteiger partial charge in [0.25, 0.3) is 0 Å². The summed E-state index contributed by atoms with van der Waals surface area (Å²) >= 11 is 0. The molecule has 9 heteroatoms. The van der Waals surface area contributed by atoms with Crippen molar-refractivity contribution in [2.24, 2.45) is 33.0 Å². The normalized spacial score (nSPS) is 54.9. The van der Waals surface area contributed by atoms with Crippen LogP contribution >= 0.6 is 0 Å². The lowest BCUT2D eigenvalue weighted by atomic mass is 9.33. The second-order valence-corrected chi connectivity index (χ2v) is 14.0. The summed E-state index contributed by atoms with van der Waals surface area (Å²) in [6, 6.07) is 0. The molecule has 0 aromatic heterocycles. The lowest BCUT2D eigenvalue weighted by Crippen LogP contribution is -2.75. The van der Waals surface area contributed by atoms with Crippen molar-refractivity contribution in [3.05, 3.63) is 11.6 Å². The molecule has 6 aliphatic rings. The van der Waals surface area contributed by atoms with Crippen LogP contribution in [0.4, 0.5) is 0 Å². The summed E-state index contributed by atoms with van der Waals surface area (Å²) in [5.74, 6) is -1.53. The summed E-state index contributed by atoms with van der Waals surface area (Å²) in [5.41, 5.74) is -6.59. The summed E-state index contributed by atoms with van der Waals surface area (Å²) in [6.07, 6.45) is 0.507. The van der Waals surface area contributed by atoms with Gasteiger partial charge in [-0.1, -0.05) is 39.3 Å². The fourth-order valence-corrected chi connectivity index (χ4v) is 11.1. The Balaban J connectivity index is 1.64. The van der Waals surface area contributed by atoms with Crippen molar-refractivity contribution in [2.75, 3.05) is 6.61 Å². The van der Waals surface area contributed by atoms with Crippen molar-refractivity contribution >= 4 is 17.9 Å². The number of hydrogen-bond donors (Lipinski definition) is 2. The Kier molecular flexibility index (Phi) is 4.85. The van der Waals surface area contributed by atoms with Crippen LogP contribution in [0.1, 0.15) is 74.7 Å². The molecule has 2 aliphatic heterocycles. The minimum Gasteiger partial charge on any atom is -0.462 e. The maximum absolute atomic E-state index is 14.1. The predicted octanol–water partition coefficient (Wildman–Crippen LogP) is 2.45. The van der Waals surface area contributed by atoms with Crippen LogP contribution in [-0.2, 0) is 33.3 Å². The Morgan fingerprint density at radius 2 is 1.74 bits per heavy atom. The maximum atomic E-state index is 14.1. The van der Waals surface area contributed by atoms with E-state index in [1.54, 1.807) is 6.92 Å². The topological polar surface area (TPSA) is 129 Å². The summed E-state index contributed by atoms with van der Waals surface area (Å²) in [5, 5.41) is 23.5. The van der Waals surface area contributed by atoms with Gasteiger partial charge >= 0.3 is 17.9 Å². The molecule has 0 aromatic rings. The molecule has 0 aromatic carbocycles. The Morgan fingerprint density at radius 3 is 2.32 bits per heavy atom. The van der Waals surface area contributed by atoms with Gasteiger partial charge in [-0.2, -0.15) is 0 Å². The number of hydrogen-bond acceptors (Lipinski definition) is 9. The highest BCUT2D eigenvalue weighted by Gasteiger charge is 2.94. The highest BCUT2D eigenvalue weighted by atomic mass is 16.6. The third kappa shape index (κ3) is 2.26. The van der Waals surface area contributed by atoms with Crippen LogP contribution in [0.5, 0.6) is 0 Å². The molecule has 0 radical (unpaired) electrons. The van der Waals surface area contributed by atoms with Gasteiger partial charge in [0.05, 0.1) is 6.61 Å². The van der Waals surface area contributed by atoms with Crippen LogP contribution in [0.25, 0.3) is 0 Å². The zero-order valence-electron chi connectivity index (χ0n) is 23.5. The monoisotopic (exact) mass is 532 g/mol. The standard InChI is InChI=1S/C29H40O9/c1-14-11-29-24(6,28(13-30)21(38-29)26(8,34)20(25(14,28)7)36-16(3)32)12-17-19-23(4,5)18(35-15(2)31)9-10-27(19,29)22(33)37-17/h11,17-21,30,34H,9-10,12-13H2,1-8H3/t17-,18-,19+,20+,21+,24+,25-,26+,27+,28-,29-/m0/s1. The first-order valence-electron chi connectivity index (χ1n) is 13.7. The quantitative estimate of drug-likeness (QED) is 0.320. The van der Waals surface area contributed by atoms with Crippen LogP contribution in [-0.4, -0.2) is 70.3 Å². The van der Waals surface area contributed by atoms with Gasteiger partial charge in [-0.05, 0) is 33.1 Å². The first kappa shape index (κ1) is 26.3. The van der Waals surface area contributed by atoms with Gasteiger partial charge in [0, 0.05) is 41.4 Å². The van der Waals surface area contributed by atoms with Gasteiger partial charge in [0.2, 0.25) is 0 Å².